The molecule has 0 saturated carbocycles. The summed E-state index contributed by atoms with van der Waals surface area (Å²) in [7, 11) is 0. The molecule has 29 heavy (non-hydrogen) atoms. The van der Waals surface area contributed by atoms with E-state index >= 15 is 0 Å². The van der Waals surface area contributed by atoms with E-state index in [1.807, 2.05) is 12.4 Å². The van der Waals surface area contributed by atoms with Crippen molar-refractivity contribution in [3.63, 3.8) is 0 Å². The van der Waals surface area contributed by atoms with Crippen molar-refractivity contribution in [2.24, 2.45) is 5.92 Å². The molecular weight excluding hydrogens is 352 g/mol. The summed E-state index contributed by atoms with van der Waals surface area (Å²) in [5.74, 6) is 1.75. The molecule has 2 heteroatoms. The molecule has 0 aliphatic rings. The first kappa shape index (κ1) is 23.6. The van der Waals surface area contributed by atoms with E-state index < -0.39 is 0 Å². The lowest BCUT2D eigenvalue weighted by Gasteiger charge is -2.07. The van der Waals surface area contributed by atoms with Gasteiger partial charge in [0.1, 0.15) is 0 Å². The Balaban J connectivity index is 1.67. The third kappa shape index (κ3) is 9.56. The number of benzene rings is 1. The van der Waals surface area contributed by atoms with Gasteiger partial charge in [-0.15, -0.1) is 0 Å². The van der Waals surface area contributed by atoms with Crippen LogP contribution in [0.1, 0.15) is 103 Å². The summed E-state index contributed by atoms with van der Waals surface area (Å²) in [6.07, 6.45) is 21.0. The lowest BCUT2D eigenvalue weighted by Crippen LogP contribution is -1.94. The van der Waals surface area contributed by atoms with E-state index in [0.29, 0.717) is 0 Å². The fourth-order valence-corrected chi connectivity index (χ4v) is 3.77. The van der Waals surface area contributed by atoms with Crippen LogP contribution in [0.4, 0.5) is 0 Å². The molecule has 0 saturated heterocycles. The highest BCUT2D eigenvalue weighted by atomic mass is 14.9. The molecule has 1 unspecified atom stereocenters. The number of rotatable bonds is 15. The number of aromatic nitrogens is 2. The summed E-state index contributed by atoms with van der Waals surface area (Å²) in [6, 6.07) is 8.86. The first-order valence-electron chi connectivity index (χ1n) is 12.1. The van der Waals surface area contributed by atoms with Gasteiger partial charge in [-0.2, -0.15) is 0 Å². The third-order valence-electron chi connectivity index (χ3n) is 6.10. The fraction of sp³-hybridized carbons (Fsp3) is 0.630. The summed E-state index contributed by atoms with van der Waals surface area (Å²) in [5.41, 5.74) is 3.81. The summed E-state index contributed by atoms with van der Waals surface area (Å²) in [5, 5.41) is 0. The van der Waals surface area contributed by atoms with Crippen LogP contribution in [0.5, 0.6) is 0 Å². The minimum absolute atomic E-state index is 0.843. The second kappa shape index (κ2) is 14.3. The molecule has 1 heterocycles. The van der Waals surface area contributed by atoms with E-state index in [1.54, 1.807) is 0 Å². The van der Waals surface area contributed by atoms with Crippen molar-refractivity contribution < 1.29 is 0 Å². The van der Waals surface area contributed by atoms with Gasteiger partial charge in [0.25, 0.3) is 0 Å². The Kier molecular flexibility index (Phi) is 11.6. The number of aryl methyl sites for hydroxylation is 2. The minimum Gasteiger partial charge on any atom is -0.236 e. The number of hydrogen-bond acceptors (Lipinski definition) is 2. The van der Waals surface area contributed by atoms with Crippen LogP contribution in [-0.2, 0) is 12.8 Å². The van der Waals surface area contributed by atoms with Gasteiger partial charge in [0.05, 0.1) is 0 Å². The zero-order valence-electron chi connectivity index (χ0n) is 19.1. The van der Waals surface area contributed by atoms with E-state index in [4.69, 9.17) is 0 Å². The molecule has 1 aromatic heterocycles. The highest BCUT2D eigenvalue weighted by Crippen LogP contribution is 2.18. The van der Waals surface area contributed by atoms with Crippen LogP contribution in [-0.4, -0.2) is 9.97 Å². The van der Waals surface area contributed by atoms with E-state index in [9.17, 15) is 0 Å². The monoisotopic (exact) mass is 394 g/mol. The van der Waals surface area contributed by atoms with E-state index in [0.717, 1.165) is 23.7 Å². The lowest BCUT2D eigenvalue weighted by atomic mass is 9.99. The van der Waals surface area contributed by atoms with Crippen molar-refractivity contribution in [3.05, 3.63) is 47.8 Å². The average Bonchev–Trinajstić information content (AvgIpc) is 2.77. The number of unbranched alkanes of at least 4 members (excludes halogenated alkanes) is 7. The Morgan fingerprint density at radius 1 is 0.690 bits per heavy atom. The third-order valence-corrected chi connectivity index (χ3v) is 6.10. The average molecular weight is 395 g/mol. The van der Waals surface area contributed by atoms with Gasteiger partial charge in [-0.25, -0.2) is 9.97 Å². The molecule has 2 rings (SSSR count). The van der Waals surface area contributed by atoms with Crippen molar-refractivity contribution in [1.29, 1.82) is 0 Å². The first-order chi connectivity index (χ1) is 14.2. The van der Waals surface area contributed by atoms with E-state index in [-0.39, 0.29) is 0 Å². The van der Waals surface area contributed by atoms with Crippen molar-refractivity contribution in [3.8, 4) is 11.4 Å². The Labute approximate surface area is 179 Å². The summed E-state index contributed by atoms with van der Waals surface area (Å²) >= 11 is 0. The molecule has 0 aliphatic heterocycles. The quantitative estimate of drug-likeness (QED) is 0.284. The van der Waals surface area contributed by atoms with Gasteiger partial charge < -0.3 is 0 Å². The van der Waals surface area contributed by atoms with E-state index in [1.165, 1.54) is 88.2 Å². The molecule has 0 bridgehead atoms. The van der Waals surface area contributed by atoms with E-state index in [2.05, 4.69) is 55.0 Å². The molecule has 160 valence electrons. The summed E-state index contributed by atoms with van der Waals surface area (Å²) < 4.78 is 0. The highest BCUT2D eigenvalue weighted by molar-refractivity contribution is 5.55. The van der Waals surface area contributed by atoms with Crippen LogP contribution >= 0.6 is 0 Å². The molecular formula is C27H42N2. The SMILES string of the molecule is CCCCCCc1cnc(-c2ccc(CCCCCCCC(C)CC)cc2)nc1. The van der Waals surface area contributed by atoms with Crippen LogP contribution in [0.15, 0.2) is 36.7 Å². The predicted octanol–water partition coefficient (Wildman–Crippen LogP) is 8.20. The topological polar surface area (TPSA) is 25.8 Å². The van der Waals surface area contributed by atoms with Gasteiger partial charge in [0.2, 0.25) is 0 Å². The zero-order chi connectivity index (χ0) is 20.7. The van der Waals surface area contributed by atoms with Gasteiger partial charge in [-0.1, -0.05) is 103 Å². The van der Waals surface area contributed by atoms with Crippen LogP contribution < -0.4 is 0 Å². The standard InChI is InChI=1S/C27H42N2/c1-4-6-7-12-16-25-21-28-27(29-22-25)26-19-17-24(18-20-26)15-13-10-8-9-11-14-23(3)5-2/h17-23H,4-16H2,1-3H3. The Hall–Kier alpha value is -1.70. The smallest absolute Gasteiger partial charge is 0.159 e. The molecule has 2 aromatic rings. The molecule has 0 aliphatic carbocycles. The van der Waals surface area contributed by atoms with Crippen molar-refractivity contribution in [1.82, 2.24) is 9.97 Å². The molecule has 0 fully saturated rings. The minimum atomic E-state index is 0.843. The second-order valence-corrected chi connectivity index (χ2v) is 8.74. The highest BCUT2D eigenvalue weighted by Gasteiger charge is 2.03. The second-order valence-electron chi connectivity index (χ2n) is 8.74. The Morgan fingerprint density at radius 3 is 1.93 bits per heavy atom. The van der Waals surface area contributed by atoms with Gasteiger partial charge >= 0.3 is 0 Å². The zero-order valence-corrected chi connectivity index (χ0v) is 19.1. The number of hydrogen-bond donors (Lipinski definition) is 0. The molecule has 0 N–H and O–H groups in total. The van der Waals surface area contributed by atoms with Gasteiger partial charge in [-0.05, 0) is 42.7 Å². The maximum Gasteiger partial charge on any atom is 0.159 e. The van der Waals surface area contributed by atoms with Crippen molar-refractivity contribution in [2.75, 3.05) is 0 Å². The molecule has 0 spiro atoms. The lowest BCUT2D eigenvalue weighted by molar-refractivity contribution is 0.472. The van der Waals surface area contributed by atoms with Crippen molar-refractivity contribution in [2.45, 2.75) is 104 Å². The molecule has 1 atom stereocenters. The summed E-state index contributed by atoms with van der Waals surface area (Å²) in [6.45, 7) is 6.92. The predicted molar refractivity (Wildman–Crippen MR) is 126 cm³/mol. The fourth-order valence-electron chi connectivity index (χ4n) is 3.77. The normalized spacial score (nSPS) is 12.2. The van der Waals surface area contributed by atoms with Crippen molar-refractivity contribution >= 4 is 0 Å². The van der Waals surface area contributed by atoms with Crippen LogP contribution in [0, 0.1) is 5.92 Å². The number of nitrogens with zero attached hydrogens (tertiary/aromatic N) is 2. The molecule has 0 radical (unpaired) electrons. The largest absolute Gasteiger partial charge is 0.236 e. The van der Waals surface area contributed by atoms with Gasteiger partial charge in [0, 0.05) is 18.0 Å². The Bertz CT molecular complexity index is 645. The van der Waals surface area contributed by atoms with Crippen LogP contribution in [0.2, 0.25) is 0 Å². The maximum absolute atomic E-state index is 4.59. The molecule has 2 nitrogen and oxygen atoms in total. The molecule has 1 aromatic carbocycles. The maximum atomic E-state index is 4.59. The first-order valence-corrected chi connectivity index (χ1v) is 12.1. The Morgan fingerprint density at radius 2 is 1.28 bits per heavy atom. The van der Waals surface area contributed by atoms with Crippen LogP contribution in [0.25, 0.3) is 11.4 Å². The summed E-state index contributed by atoms with van der Waals surface area (Å²) in [4.78, 5) is 9.18. The van der Waals surface area contributed by atoms with Gasteiger partial charge in [0.15, 0.2) is 5.82 Å². The molecule has 0 amide bonds. The van der Waals surface area contributed by atoms with Gasteiger partial charge in [-0.3, -0.25) is 0 Å². The van der Waals surface area contributed by atoms with Crippen LogP contribution in [0.3, 0.4) is 0 Å².